The number of furan rings is 1. The van der Waals surface area contributed by atoms with Crippen molar-refractivity contribution in [2.45, 2.75) is 46.3 Å². The number of hydrogen-bond acceptors (Lipinski definition) is 6. The number of aryl methyl sites for hydroxylation is 2. The van der Waals surface area contributed by atoms with Gasteiger partial charge in [-0.3, -0.25) is 9.59 Å². The minimum Gasteiger partial charge on any atom is -0.459 e. The molecular weight excluding hydrogens is 436 g/mol. The number of nitrogens with zero attached hydrogens (tertiary/aromatic N) is 1. The largest absolute Gasteiger partial charge is 0.459 e. The van der Waals surface area contributed by atoms with E-state index >= 15 is 0 Å². The summed E-state index contributed by atoms with van der Waals surface area (Å²) in [6, 6.07) is 9.82. The molecule has 0 radical (unpaired) electrons. The summed E-state index contributed by atoms with van der Waals surface area (Å²) in [6.45, 7) is 6.77. The highest BCUT2D eigenvalue weighted by atomic mass is 16.5. The summed E-state index contributed by atoms with van der Waals surface area (Å²) in [6.07, 6.45) is 3.64. The number of anilines is 1. The van der Waals surface area contributed by atoms with Gasteiger partial charge in [0.25, 0.3) is 5.91 Å². The van der Waals surface area contributed by atoms with E-state index in [9.17, 15) is 14.4 Å². The molecule has 2 aromatic heterocycles. The molecule has 178 valence electrons. The first-order valence-corrected chi connectivity index (χ1v) is 11.3. The summed E-state index contributed by atoms with van der Waals surface area (Å²) in [5.41, 5.74) is 3.81. The fourth-order valence-electron chi connectivity index (χ4n) is 4.12. The van der Waals surface area contributed by atoms with Crippen LogP contribution in [0.3, 0.4) is 0 Å². The predicted molar refractivity (Wildman–Crippen MR) is 125 cm³/mol. The third-order valence-electron chi connectivity index (χ3n) is 6.09. The number of carbonyl (C=O) groups is 3. The SMILES string of the molecule is Cc1ccc(C(=O)OCC(=O)c2cc(C)n(C[C@H]3CCCO3)c2C)cc1NC(=O)c1ccco1. The van der Waals surface area contributed by atoms with Gasteiger partial charge in [-0.2, -0.15) is 0 Å². The van der Waals surface area contributed by atoms with Gasteiger partial charge in [-0.05, 0) is 69.5 Å². The molecule has 1 amide bonds. The van der Waals surface area contributed by atoms with Crippen LogP contribution in [-0.2, 0) is 16.0 Å². The van der Waals surface area contributed by atoms with E-state index in [0.717, 1.165) is 36.4 Å². The quantitative estimate of drug-likeness (QED) is 0.390. The standard InChI is InChI=1S/C26H28N2O6/c1-16-8-9-19(13-22(16)27-25(30)24-7-5-11-33-24)26(31)34-15-23(29)21-12-17(2)28(18(21)3)14-20-6-4-10-32-20/h5,7-9,11-13,20H,4,6,10,14-15H2,1-3H3,(H,27,30)/t20-/m1/s1. The normalized spacial score (nSPS) is 15.3. The number of aromatic nitrogens is 1. The number of benzene rings is 1. The number of nitrogens with one attached hydrogen (secondary N) is 1. The first-order chi connectivity index (χ1) is 16.3. The van der Waals surface area contributed by atoms with E-state index in [1.54, 1.807) is 24.3 Å². The summed E-state index contributed by atoms with van der Waals surface area (Å²) >= 11 is 0. The van der Waals surface area contributed by atoms with E-state index in [-0.39, 0.29) is 29.8 Å². The van der Waals surface area contributed by atoms with Crippen molar-refractivity contribution in [2.75, 3.05) is 18.5 Å². The molecule has 0 saturated carbocycles. The number of hydrogen-bond donors (Lipinski definition) is 1. The van der Waals surface area contributed by atoms with Gasteiger partial charge in [0.1, 0.15) is 0 Å². The summed E-state index contributed by atoms with van der Waals surface area (Å²) in [5, 5.41) is 2.72. The van der Waals surface area contributed by atoms with E-state index in [1.807, 2.05) is 26.8 Å². The molecule has 3 aromatic rings. The number of ketones is 1. The van der Waals surface area contributed by atoms with Crippen molar-refractivity contribution < 1.29 is 28.3 Å². The maximum Gasteiger partial charge on any atom is 0.338 e. The van der Waals surface area contributed by atoms with E-state index in [4.69, 9.17) is 13.9 Å². The number of Topliss-reactive ketones (excluding diaryl/α,β-unsaturated/α-hetero) is 1. The first kappa shape index (κ1) is 23.5. The minimum absolute atomic E-state index is 0.162. The fraction of sp³-hybridized carbons (Fsp3) is 0.346. The fourth-order valence-corrected chi connectivity index (χ4v) is 4.12. The zero-order valence-corrected chi connectivity index (χ0v) is 19.6. The molecular formula is C26H28N2O6. The molecule has 3 heterocycles. The Balaban J connectivity index is 1.40. The van der Waals surface area contributed by atoms with Crippen molar-refractivity contribution in [3.8, 4) is 0 Å². The van der Waals surface area contributed by atoms with Crippen LogP contribution in [-0.4, -0.2) is 41.5 Å². The van der Waals surface area contributed by atoms with Gasteiger partial charge in [0, 0.05) is 35.8 Å². The highest BCUT2D eigenvalue weighted by Gasteiger charge is 2.22. The molecule has 1 aliphatic rings. The Morgan fingerprint density at radius 1 is 1.15 bits per heavy atom. The third kappa shape index (κ3) is 5.12. The van der Waals surface area contributed by atoms with Crippen LogP contribution in [0.5, 0.6) is 0 Å². The number of amides is 1. The van der Waals surface area contributed by atoms with E-state index in [0.29, 0.717) is 17.8 Å². The van der Waals surface area contributed by atoms with E-state index < -0.39 is 11.9 Å². The third-order valence-corrected chi connectivity index (χ3v) is 6.09. The number of ether oxygens (including phenoxy) is 2. The summed E-state index contributed by atoms with van der Waals surface area (Å²) in [7, 11) is 0. The van der Waals surface area contributed by atoms with Crippen LogP contribution < -0.4 is 5.32 Å². The lowest BCUT2D eigenvalue weighted by molar-refractivity contribution is 0.0474. The molecule has 0 unspecified atom stereocenters. The monoisotopic (exact) mass is 464 g/mol. The first-order valence-electron chi connectivity index (χ1n) is 11.3. The zero-order chi connectivity index (χ0) is 24.2. The zero-order valence-electron chi connectivity index (χ0n) is 19.6. The number of rotatable bonds is 8. The number of esters is 1. The van der Waals surface area contributed by atoms with Crippen LogP contribution in [0.25, 0.3) is 0 Å². The molecule has 1 aliphatic heterocycles. The topological polar surface area (TPSA) is 99.8 Å². The maximum atomic E-state index is 12.8. The lowest BCUT2D eigenvalue weighted by Gasteiger charge is -2.14. The molecule has 8 heteroatoms. The smallest absolute Gasteiger partial charge is 0.338 e. The summed E-state index contributed by atoms with van der Waals surface area (Å²) in [4.78, 5) is 37.7. The molecule has 0 bridgehead atoms. The Morgan fingerprint density at radius 3 is 2.68 bits per heavy atom. The maximum absolute atomic E-state index is 12.8. The van der Waals surface area contributed by atoms with Crippen LogP contribution in [0.15, 0.2) is 47.1 Å². The molecule has 1 N–H and O–H groups in total. The Bertz CT molecular complexity index is 1200. The van der Waals surface area contributed by atoms with Gasteiger partial charge in [0.2, 0.25) is 5.78 Å². The van der Waals surface area contributed by atoms with Crippen LogP contribution in [0.2, 0.25) is 0 Å². The molecule has 0 spiro atoms. The van der Waals surface area contributed by atoms with Gasteiger partial charge in [0.15, 0.2) is 12.4 Å². The van der Waals surface area contributed by atoms with Crippen molar-refractivity contribution >= 4 is 23.3 Å². The Kier molecular flexibility index (Phi) is 6.98. The second kappa shape index (κ2) is 10.1. The Morgan fingerprint density at radius 2 is 1.97 bits per heavy atom. The van der Waals surface area contributed by atoms with Gasteiger partial charge in [-0.15, -0.1) is 0 Å². The lowest BCUT2D eigenvalue weighted by atomic mass is 10.1. The number of carbonyl (C=O) groups excluding carboxylic acids is 3. The minimum atomic E-state index is -0.644. The van der Waals surface area contributed by atoms with Crippen LogP contribution in [0.1, 0.15) is 61.1 Å². The molecule has 1 atom stereocenters. The van der Waals surface area contributed by atoms with E-state index in [2.05, 4.69) is 9.88 Å². The summed E-state index contributed by atoms with van der Waals surface area (Å²) in [5.74, 6) is -1.17. The molecule has 1 fully saturated rings. The second-order valence-electron chi connectivity index (χ2n) is 8.49. The highest BCUT2D eigenvalue weighted by Crippen LogP contribution is 2.22. The van der Waals surface area contributed by atoms with Gasteiger partial charge >= 0.3 is 5.97 Å². The van der Waals surface area contributed by atoms with Crippen molar-refractivity contribution in [2.24, 2.45) is 0 Å². The van der Waals surface area contributed by atoms with Crippen molar-refractivity contribution in [1.82, 2.24) is 4.57 Å². The molecule has 0 aliphatic carbocycles. The summed E-state index contributed by atoms with van der Waals surface area (Å²) < 4.78 is 18.2. The van der Waals surface area contributed by atoms with Crippen LogP contribution in [0.4, 0.5) is 5.69 Å². The molecule has 34 heavy (non-hydrogen) atoms. The average molecular weight is 465 g/mol. The molecule has 1 aromatic carbocycles. The highest BCUT2D eigenvalue weighted by molar-refractivity contribution is 6.04. The predicted octanol–water partition coefficient (Wildman–Crippen LogP) is 4.48. The molecule has 4 rings (SSSR count). The lowest BCUT2D eigenvalue weighted by Crippen LogP contribution is -2.18. The van der Waals surface area contributed by atoms with Crippen LogP contribution >= 0.6 is 0 Å². The van der Waals surface area contributed by atoms with E-state index in [1.165, 1.54) is 12.3 Å². The van der Waals surface area contributed by atoms with Gasteiger partial charge in [-0.25, -0.2) is 4.79 Å². The van der Waals surface area contributed by atoms with Crippen LogP contribution in [0, 0.1) is 20.8 Å². The Hall–Kier alpha value is -3.65. The van der Waals surface area contributed by atoms with Crippen molar-refractivity contribution in [1.29, 1.82) is 0 Å². The van der Waals surface area contributed by atoms with Crippen molar-refractivity contribution in [3.63, 3.8) is 0 Å². The Labute approximate surface area is 197 Å². The van der Waals surface area contributed by atoms with Gasteiger partial charge in [0.05, 0.1) is 17.9 Å². The molecule has 8 nitrogen and oxygen atoms in total. The van der Waals surface area contributed by atoms with Gasteiger partial charge in [-0.1, -0.05) is 6.07 Å². The van der Waals surface area contributed by atoms with Crippen molar-refractivity contribution in [3.05, 3.63) is 76.5 Å². The average Bonchev–Trinajstić information content (AvgIpc) is 3.58. The van der Waals surface area contributed by atoms with Gasteiger partial charge < -0.3 is 23.8 Å². The molecule has 1 saturated heterocycles. The second-order valence-corrected chi connectivity index (χ2v) is 8.49.